The normalized spacial score (nSPS) is 17.7. The van der Waals surface area contributed by atoms with E-state index >= 15 is 4.39 Å². The molecule has 3 heterocycles. The molecule has 2 aromatic carbocycles. The number of carbonyl (C=O) groups is 2. The Morgan fingerprint density at radius 3 is 2.50 bits per heavy atom. The fraction of sp³-hybridized carbons (Fsp3) is 0.452. The number of halogens is 3. The maximum atomic E-state index is 15.0. The zero-order valence-electron chi connectivity index (χ0n) is 24.2. The average Bonchev–Trinajstić information content (AvgIpc) is 2.91. The van der Waals surface area contributed by atoms with Gasteiger partial charge in [-0.1, -0.05) is 23.2 Å². The molecular formula is C31H35Cl2FN4O4. The molecule has 1 aromatic heterocycles. The predicted octanol–water partition coefficient (Wildman–Crippen LogP) is 6.65. The highest BCUT2D eigenvalue weighted by atomic mass is 35.5. The van der Waals surface area contributed by atoms with Crippen LogP contribution in [0, 0.1) is 5.82 Å². The summed E-state index contributed by atoms with van der Waals surface area (Å²) in [5.41, 5.74) is 1.83. The zero-order valence-corrected chi connectivity index (χ0v) is 25.7. The van der Waals surface area contributed by atoms with Crippen molar-refractivity contribution in [1.29, 1.82) is 0 Å². The number of pyridine rings is 1. The van der Waals surface area contributed by atoms with Gasteiger partial charge in [0.05, 0.1) is 23.7 Å². The number of likely N-dealkylation sites (tertiary alicyclic amines) is 1. The van der Waals surface area contributed by atoms with E-state index in [9.17, 15) is 14.4 Å². The summed E-state index contributed by atoms with van der Waals surface area (Å²) in [4.78, 5) is 44.8. The van der Waals surface area contributed by atoms with E-state index in [-0.39, 0.29) is 47.1 Å². The third-order valence-electron chi connectivity index (χ3n) is 7.98. The highest BCUT2D eigenvalue weighted by Gasteiger charge is 2.30. The summed E-state index contributed by atoms with van der Waals surface area (Å²) in [6.45, 7) is 8.81. The first-order chi connectivity index (χ1) is 19.8. The van der Waals surface area contributed by atoms with Gasteiger partial charge in [0.15, 0.2) is 0 Å². The van der Waals surface area contributed by atoms with Crippen LogP contribution in [0.25, 0.3) is 10.8 Å². The Morgan fingerprint density at radius 2 is 1.81 bits per heavy atom. The Balaban J connectivity index is 1.28. The van der Waals surface area contributed by atoms with Gasteiger partial charge in [-0.3, -0.25) is 9.59 Å². The van der Waals surface area contributed by atoms with Crippen LogP contribution in [0.15, 0.2) is 35.1 Å². The molecule has 0 bridgehead atoms. The molecule has 11 heteroatoms. The van der Waals surface area contributed by atoms with Crippen LogP contribution in [-0.2, 0) is 16.0 Å². The van der Waals surface area contributed by atoms with Gasteiger partial charge >= 0.3 is 6.09 Å². The number of benzene rings is 2. The fourth-order valence-electron chi connectivity index (χ4n) is 5.88. The van der Waals surface area contributed by atoms with Gasteiger partial charge in [0.2, 0.25) is 5.91 Å². The Labute approximate surface area is 254 Å². The van der Waals surface area contributed by atoms with Crippen LogP contribution in [0.1, 0.15) is 69.3 Å². The average molecular weight is 618 g/mol. The minimum atomic E-state index is -0.617. The minimum Gasteiger partial charge on any atom is -0.444 e. The molecule has 1 atom stereocenters. The SMILES string of the molecule is CC1c2c(Cl)cc(Cl)cc2CCN1C(=O)CNc1cc2cc(C3CCN(C(=O)OC(C)(C)C)CC3)[nH]c(=O)c2cc1F. The van der Waals surface area contributed by atoms with Crippen molar-refractivity contribution in [1.82, 2.24) is 14.8 Å². The van der Waals surface area contributed by atoms with Gasteiger partial charge in [-0.15, -0.1) is 0 Å². The number of rotatable bonds is 4. The maximum Gasteiger partial charge on any atom is 0.410 e. The summed E-state index contributed by atoms with van der Waals surface area (Å²) in [6.07, 6.45) is 1.60. The Morgan fingerprint density at radius 1 is 1.10 bits per heavy atom. The first-order valence-electron chi connectivity index (χ1n) is 14.2. The molecule has 224 valence electrons. The molecule has 2 aliphatic heterocycles. The number of carbonyl (C=O) groups excluding carboxylic acids is 2. The monoisotopic (exact) mass is 616 g/mol. The van der Waals surface area contributed by atoms with Gasteiger partial charge in [-0.25, -0.2) is 9.18 Å². The molecule has 1 unspecified atom stereocenters. The smallest absolute Gasteiger partial charge is 0.410 e. The first-order valence-corrected chi connectivity index (χ1v) is 14.9. The largest absolute Gasteiger partial charge is 0.444 e. The number of piperidine rings is 1. The summed E-state index contributed by atoms with van der Waals surface area (Å²) in [6, 6.07) is 7.92. The Kier molecular flexibility index (Phi) is 8.45. The topological polar surface area (TPSA) is 94.7 Å². The molecule has 0 spiro atoms. The summed E-state index contributed by atoms with van der Waals surface area (Å²) < 4.78 is 20.5. The predicted molar refractivity (Wildman–Crippen MR) is 163 cm³/mol. The number of nitrogens with one attached hydrogen (secondary N) is 2. The van der Waals surface area contributed by atoms with E-state index in [2.05, 4.69) is 10.3 Å². The molecule has 2 aliphatic rings. The molecule has 42 heavy (non-hydrogen) atoms. The van der Waals surface area contributed by atoms with E-state index in [1.165, 1.54) is 6.07 Å². The number of amides is 2. The van der Waals surface area contributed by atoms with Crippen molar-refractivity contribution in [2.24, 2.45) is 0 Å². The second-order valence-corrected chi connectivity index (χ2v) is 12.9. The lowest BCUT2D eigenvalue weighted by atomic mass is 9.92. The number of aromatic amines is 1. The number of hydrogen-bond acceptors (Lipinski definition) is 5. The highest BCUT2D eigenvalue weighted by Crippen LogP contribution is 2.37. The number of anilines is 1. The number of hydrogen-bond donors (Lipinski definition) is 2. The second kappa shape index (κ2) is 11.8. The van der Waals surface area contributed by atoms with Gasteiger partial charge < -0.3 is 24.8 Å². The van der Waals surface area contributed by atoms with Gasteiger partial charge in [0.25, 0.3) is 5.56 Å². The van der Waals surface area contributed by atoms with Crippen molar-refractivity contribution >= 4 is 51.7 Å². The molecule has 2 amide bonds. The highest BCUT2D eigenvalue weighted by molar-refractivity contribution is 6.35. The van der Waals surface area contributed by atoms with Crippen molar-refractivity contribution < 1.29 is 18.7 Å². The van der Waals surface area contributed by atoms with Gasteiger partial charge in [0, 0.05) is 41.3 Å². The van der Waals surface area contributed by atoms with Crippen LogP contribution < -0.4 is 10.9 Å². The molecule has 0 saturated carbocycles. The van der Waals surface area contributed by atoms with Crippen molar-refractivity contribution in [3.63, 3.8) is 0 Å². The van der Waals surface area contributed by atoms with Crippen LogP contribution >= 0.6 is 23.2 Å². The lowest BCUT2D eigenvalue weighted by Crippen LogP contribution is -2.42. The summed E-state index contributed by atoms with van der Waals surface area (Å²) in [5.74, 6) is -0.773. The van der Waals surface area contributed by atoms with Crippen LogP contribution in [0.3, 0.4) is 0 Å². The van der Waals surface area contributed by atoms with Crippen molar-refractivity contribution in [3.05, 3.63) is 73.4 Å². The third-order valence-corrected chi connectivity index (χ3v) is 8.51. The van der Waals surface area contributed by atoms with Crippen LogP contribution in [0.4, 0.5) is 14.9 Å². The van der Waals surface area contributed by atoms with Crippen LogP contribution in [0.2, 0.25) is 10.0 Å². The number of H-pyrrole nitrogens is 1. The van der Waals surface area contributed by atoms with E-state index in [1.807, 2.05) is 39.8 Å². The molecular weight excluding hydrogens is 582 g/mol. The summed E-state index contributed by atoms with van der Waals surface area (Å²) >= 11 is 12.6. The Hall–Kier alpha value is -3.30. The molecule has 0 radical (unpaired) electrons. The molecule has 3 aromatic rings. The van der Waals surface area contributed by atoms with Crippen molar-refractivity contribution in [2.75, 3.05) is 31.5 Å². The van der Waals surface area contributed by atoms with Gasteiger partial charge in [-0.2, -0.15) is 0 Å². The number of nitrogens with zero attached hydrogens (tertiary/aromatic N) is 2. The lowest BCUT2D eigenvalue weighted by molar-refractivity contribution is -0.131. The number of aromatic nitrogens is 1. The first kappa shape index (κ1) is 30.2. The van der Waals surface area contributed by atoms with E-state index in [0.717, 1.165) is 16.8 Å². The molecule has 5 rings (SSSR count). The second-order valence-electron chi connectivity index (χ2n) is 12.0. The number of fused-ring (bicyclic) bond motifs is 2. The number of ether oxygens (including phenoxy) is 1. The molecule has 1 fully saturated rings. The van der Waals surface area contributed by atoms with Crippen LogP contribution in [0.5, 0.6) is 0 Å². The van der Waals surface area contributed by atoms with Crippen LogP contribution in [-0.4, -0.2) is 58.6 Å². The van der Waals surface area contributed by atoms with Crippen molar-refractivity contribution in [2.45, 2.75) is 64.5 Å². The molecule has 8 nitrogen and oxygen atoms in total. The summed E-state index contributed by atoms with van der Waals surface area (Å²) in [5, 5.41) is 4.82. The zero-order chi connectivity index (χ0) is 30.3. The third kappa shape index (κ3) is 6.37. The molecule has 2 N–H and O–H groups in total. The Bertz CT molecular complexity index is 1590. The minimum absolute atomic E-state index is 0.0361. The molecule has 1 saturated heterocycles. The van der Waals surface area contributed by atoms with E-state index in [1.54, 1.807) is 21.9 Å². The standard InChI is InChI=1S/C31H35Cl2FN4O4/c1-17-28-19(11-21(32)14-23(28)33)7-10-38(17)27(39)16-35-26-13-20-12-25(36-29(40)22(20)15-24(26)34)18-5-8-37(9-6-18)30(41)42-31(2,3)4/h11-15,17-18,35H,5-10,16H2,1-4H3,(H,36,40). The lowest BCUT2D eigenvalue weighted by Gasteiger charge is -2.36. The maximum absolute atomic E-state index is 15.0. The van der Waals surface area contributed by atoms with Gasteiger partial charge in [-0.05, 0) is 93.8 Å². The van der Waals surface area contributed by atoms with E-state index < -0.39 is 11.4 Å². The van der Waals surface area contributed by atoms with Gasteiger partial charge in [0.1, 0.15) is 11.4 Å². The van der Waals surface area contributed by atoms with Crippen molar-refractivity contribution in [3.8, 4) is 0 Å². The summed E-state index contributed by atoms with van der Waals surface area (Å²) in [7, 11) is 0. The van der Waals surface area contributed by atoms with E-state index in [0.29, 0.717) is 54.3 Å². The van der Waals surface area contributed by atoms with E-state index in [4.69, 9.17) is 27.9 Å². The molecule has 0 aliphatic carbocycles. The quantitative estimate of drug-likeness (QED) is 0.342. The fourth-order valence-corrected chi connectivity index (χ4v) is 6.57.